The molecule has 0 aromatic heterocycles. The second-order valence-electron chi connectivity index (χ2n) is 5.26. The molecule has 0 bridgehead atoms. The Bertz CT molecular complexity index is 480. The van der Waals surface area contributed by atoms with Crippen molar-refractivity contribution in [2.75, 3.05) is 26.0 Å². The number of benzene rings is 1. The molecule has 1 heterocycles. The van der Waals surface area contributed by atoms with E-state index in [1.807, 2.05) is 45.2 Å². The van der Waals surface area contributed by atoms with E-state index in [4.69, 9.17) is 9.47 Å². The van der Waals surface area contributed by atoms with Crippen LogP contribution in [0.4, 0.5) is 0 Å². The van der Waals surface area contributed by atoms with Crippen LogP contribution in [-0.2, 0) is 15.5 Å². The lowest BCUT2D eigenvalue weighted by molar-refractivity contribution is 0.127. The summed E-state index contributed by atoms with van der Waals surface area (Å²) in [6, 6.07) is 7.99. The van der Waals surface area contributed by atoms with Gasteiger partial charge in [0.15, 0.2) is 0 Å². The molecule has 0 spiro atoms. The van der Waals surface area contributed by atoms with Crippen molar-refractivity contribution in [2.24, 2.45) is 0 Å². The van der Waals surface area contributed by atoms with Crippen LogP contribution in [0, 0.1) is 0 Å². The van der Waals surface area contributed by atoms with Gasteiger partial charge in [-0.3, -0.25) is 4.21 Å². The number of hydrogen-bond donors (Lipinski definition) is 1. The van der Waals surface area contributed by atoms with Crippen LogP contribution >= 0.6 is 0 Å². The maximum Gasteiger partial charge on any atom is 0.124 e. The average Bonchev–Trinajstić information content (AvgIpc) is 2.92. The Morgan fingerprint density at radius 2 is 2.24 bits per heavy atom. The van der Waals surface area contributed by atoms with Gasteiger partial charge in [-0.1, -0.05) is 18.2 Å². The number of rotatable bonds is 7. The maximum absolute atomic E-state index is 12.6. The largest absolute Gasteiger partial charge is 0.494 e. The van der Waals surface area contributed by atoms with Gasteiger partial charge in [0, 0.05) is 34.8 Å². The monoisotopic (exact) mass is 311 g/mol. The zero-order valence-corrected chi connectivity index (χ0v) is 13.8. The van der Waals surface area contributed by atoms with E-state index in [9.17, 15) is 4.21 Å². The van der Waals surface area contributed by atoms with Gasteiger partial charge < -0.3 is 14.8 Å². The van der Waals surface area contributed by atoms with Gasteiger partial charge in [0.1, 0.15) is 5.75 Å². The third-order valence-corrected chi connectivity index (χ3v) is 5.87. The predicted octanol–water partition coefficient (Wildman–Crippen LogP) is 2.27. The molecule has 1 aromatic rings. The normalized spacial score (nSPS) is 24.7. The number of nitrogens with one attached hydrogen (secondary N) is 1. The quantitative estimate of drug-likeness (QED) is 0.839. The molecule has 1 aliphatic rings. The van der Waals surface area contributed by atoms with Crippen molar-refractivity contribution >= 4 is 10.8 Å². The smallest absolute Gasteiger partial charge is 0.124 e. The first-order valence-corrected chi connectivity index (χ1v) is 8.93. The van der Waals surface area contributed by atoms with E-state index >= 15 is 0 Å². The lowest BCUT2D eigenvalue weighted by atomic mass is 10.1. The second-order valence-corrected chi connectivity index (χ2v) is 6.96. The first kappa shape index (κ1) is 16.5. The van der Waals surface area contributed by atoms with E-state index < -0.39 is 10.8 Å². The molecule has 4 unspecified atom stereocenters. The predicted molar refractivity (Wildman–Crippen MR) is 86.2 cm³/mol. The highest BCUT2D eigenvalue weighted by Gasteiger charge is 2.31. The summed E-state index contributed by atoms with van der Waals surface area (Å²) in [5.41, 5.74) is 1.07. The Balaban J connectivity index is 2.11. The summed E-state index contributed by atoms with van der Waals surface area (Å²) in [5.74, 6) is 1.45. The highest BCUT2D eigenvalue weighted by atomic mass is 32.2. The van der Waals surface area contributed by atoms with Gasteiger partial charge >= 0.3 is 0 Å². The van der Waals surface area contributed by atoms with E-state index in [1.165, 1.54) is 0 Å². The Kier molecular flexibility index (Phi) is 6.21. The van der Waals surface area contributed by atoms with Crippen molar-refractivity contribution in [2.45, 2.75) is 37.7 Å². The van der Waals surface area contributed by atoms with E-state index in [2.05, 4.69) is 5.32 Å². The van der Waals surface area contributed by atoms with Crippen LogP contribution < -0.4 is 10.1 Å². The van der Waals surface area contributed by atoms with Gasteiger partial charge in [0.25, 0.3) is 0 Å². The van der Waals surface area contributed by atoms with Crippen LogP contribution in [0.15, 0.2) is 24.3 Å². The molecule has 21 heavy (non-hydrogen) atoms. The Morgan fingerprint density at radius 1 is 1.48 bits per heavy atom. The lowest BCUT2D eigenvalue weighted by Crippen LogP contribution is -2.31. The molecule has 4 nitrogen and oxygen atoms in total. The SMILES string of the molecule is CCOc1ccccc1C(CS(=O)C1CCOC1C)NC. The molecule has 1 aliphatic heterocycles. The van der Waals surface area contributed by atoms with Gasteiger partial charge in [-0.05, 0) is 33.4 Å². The molecule has 0 saturated carbocycles. The van der Waals surface area contributed by atoms with Crippen molar-refractivity contribution in [1.82, 2.24) is 5.32 Å². The van der Waals surface area contributed by atoms with Crippen molar-refractivity contribution in [3.63, 3.8) is 0 Å². The molecule has 1 saturated heterocycles. The third-order valence-electron chi connectivity index (χ3n) is 3.92. The molecule has 4 atom stereocenters. The minimum Gasteiger partial charge on any atom is -0.494 e. The molecule has 0 aliphatic carbocycles. The van der Waals surface area contributed by atoms with Crippen LogP contribution in [0.5, 0.6) is 5.75 Å². The van der Waals surface area contributed by atoms with Gasteiger partial charge in [-0.2, -0.15) is 0 Å². The van der Waals surface area contributed by atoms with E-state index in [1.54, 1.807) is 0 Å². The third kappa shape index (κ3) is 4.05. The van der Waals surface area contributed by atoms with Crippen molar-refractivity contribution in [3.05, 3.63) is 29.8 Å². The van der Waals surface area contributed by atoms with Gasteiger partial charge in [-0.15, -0.1) is 0 Å². The molecule has 2 rings (SSSR count). The molecule has 0 amide bonds. The van der Waals surface area contributed by atoms with Crippen LogP contribution in [0.1, 0.15) is 31.9 Å². The van der Waals surface area contributed by atoms with Crippen molar-refractivity contribution in [3.8, 4) is 5.75 Å². The highest BCUT2D eigenvalue weighted by Crippen LogP contribution is 2.28. The summed E-state index contributed by atoms with van der Waals surface area (Å²) in [4.78, 5) is 0. The van der Waals surface area contributed by atoms with Crippen LogP contribution in [0.25, 0.3) is 0 Å². The Labute approximate surface area is 129 Å². The maximum atomic E-state index is 12.6. The zero-order chi connectivity index (χ0) is 15.2. The second kappa shape index (κ2) is 7.92. The molecule has 118 valence electrons. The molecule has 1 N–H and O–H groups in total. The Hall–Kier alpha value is -0.910. The lowest BCUT2D eigenvalue weighted by Gasteiger charge is -2.22. The fourth-order valence-electron chi connectivity index (χ4n) is 2.73. The topological polar surface area (TPSA) is 47.6 Å². The summed E-state index contributed by atoms with van der Waals surface area (Å²) >= 11 is 0. The van der Waals surface area contributed by atoms with Crippen molar-refractivity contribution < 1.29 is 13.7 Å². The first-order valence-electron chi connectivity index (χ1n) is 7.55. The molecular formula is C16H25NO3S. The molecule has 0 radical (unpaired) electrons. The minimum absolute atomic E-state index is 0.0291. The fraction of sp³-hybridized carbons (Fsp3) is 0.625. The molecule has 1 fully saturated rings. The summed E-state index contributed by atoms with van der Waals surface area (Å²) in [5, 5.41) is 3.41. The number of hydrogen-bond acceptors (Lipinski definition) is 4. The summed E-state index contributed by atoms with van der Waals surface area (Å²) in [7, 11) is 0.991. The van der Waals surface area contributed by atoms with E-state index in [-0.39, 0.29) is 17.4 Å². The van der Waals surface area contributed by atoms with E-state index in [0.29, 0.717) is 12.4 Å². The fourth-order valence-corrected chi connectivity index (χ4v) is 4.52. The van der Waals surface area contributed by atoms with Crippen LogP contribution in [0.2, 0.25) is 0 Å². The molecular weight excluding hydrogens is 286 g/mol. The number of ether oxygens (including phenoxy) is 2. The van der Waals surface area contributed by atoms with E-state index in [0.717, 1.165) is 24.3 Å². The van der Waals surface area contributed by atoms with Gasteiger partial charge in [0.05, 0.1) is 18.0 Å². The average molecular weight is 311 g/mol. The summed E-state index contributed by atoms with van der Waals surface area (Å²) < 4.78 is 23.8. The van der Waals surface area contributed by atoms with Crippen LogP contribution in [-0.4, -0.2) is 41.6 Å². The first-order chi connectivity index (χ1) is 10.2. The van der Waals surface area contributed by atoms with Crippen LogP contribution in [0.3, 0.4) is 0 Å². The summed E-state index contributed by atoms with van der Waals surface area (Å²) in [6.07, 6.45) is 0.975. The van der Waals surface area contributed by atoms with Gasteiger partial charge in [-0.25, -0.2) is 0 Å². The van der Waals surface area contributed by atoms with Crippen molar-refractivity contribution in [1.29, 1.82) is 0 Å². The molecule has 1 aromatic carbocycles. The highest BCUT2D eigenvalue weighted by molar-refractivity contribution is 7.85. The molecule has 5 heteroatoms. The zero-order valence-electron chi connectivity index (χ0n) is 13.0. The minimum atomic E-state index is -0.911. The summed E-state index contributed by atoms with van der Waals surface area (Å²) in [6.45, 7) is 5.33. The Morgan fingerprint density at radius 3 is 2.86 bits per heavy atom. The van der Waals surface area contributed by atoms with Gasteiger partial charge in [0.2, 0.25) is 0 Å². The standard InChI is InChI=1S/C16H25NO3S/c1-4-19-15-8-6-5-7-13(15)14(17-3)11-21(18)16-9-10-20-12(16)2/h5-8,12,14,16-17H,4,9-11H2,1-3H3. The number of para-hydroxylation sites is 1.